The van der Waals surface area contributed by atoms with E-state index in [1.165, 1.54) is 11.3 Å². The number of hydrogen-bond donors (Lipinski definition) is 2. The molecule has 1 aromatic carbocycles. The third-order valence-corrected chi connectivity index (χ3v) is 6.71. The van der Waals surface area contributed by atoms with Gasteiger partial charge in [-0.15, -0.1) is 11.3 Å². The second-order valence-corrected chi connectivity index (χ2v) is 9.24. The highest BCUT2D eigenvalue weighted by Gasteiger charge is 2.35. The molecule has 1 aromatic heterocycles. The van der Waals surface area contributed by atoms with Crippen LogP contribution in [-0.4, -0.2) is 40.2 Å². The second-order valence-electron chi connectivity index (χ2n) is 8.16. The molecule has 8 heteroatoms. The second kappa shape index (κ2) is 8.55. The highest BCUT2D eigenvalue weighted by Crippen LogP contribution is 2.30. The molecule has 0 bridgehead atoms. The number of anilines is 2. The van der Waals surface area contributed by atoms with E-state index in [9.17, 15) is 14.4 Å². The molecule has 2 aliphatic rings. The number of rotatable bonds is 5. The summed E-state index contributed by atoms with van der Waals surface area (Å²) in [5, 5.41) is 6.38. The number of likely N-dealkylation sites (tertiary alicyclic amines) is 1. The molecule has 4 rings (SSSR count). The molecular formula is C22H26N4O3S. The van der Waals surface area contributed by atoms with Gasteiger partial charge in [0.1, 0.15) is 0 Å². The Kier molecular flexibility index (Phi) is 5.85. The van der Waals surface area contributed by atoms with E-state index >= 15 is 0 Å². The Hall–Kier alpha value is -2.74. The van der Waals surface area contributed by atoms with Gasteiger partial charge in [-0.1, -0.05) is 0 Å². The van der Waals surface area contributed by atoms with Crippen LogP contribution in [-0.2, 0) is 22.4 Å². The van der Waals surface area contributed by atoms with Gasteiger partial charge >= 0.3 is 0 Å². The molecule has 0 saturated carbocycles. The SMILES string of the molecule is CC(C)N1CC(C(=O)Nc2ccc(C(=O)Nc3nc4c(s3)CCCC4)cc2)CC1=O. The van der Waals surface area contributed by atoms with Crippen molar-refractivity contribution < 1.29 is 14.4 Å². The van der Waals surface area contributed by atoms with Crippen molar-refractivity contribution in [2.45, 2.75) is 52.0 Å². The highest BCUT2D eigenvalue weighted by atomic mass is 32.1. The van der Waals surface area contributed by atoms with E-state index in [0.29, 0.717) is 22.9 Å². The fourth-order valence-corrected chi connectivity index (χ4v) is 4.98. The Morgan fingerprint density at radius 3 is 2.53 bits per heavy atom. The van der Waals surface area contributed by atoms with E-state index in [2.05, 4.69) is 15.6 Å². The highest BCUT2D eigenvalue weighted by molar-refractivity contribution is 7.15. The minimum atomic E-state index is -0.348. The molecule has 1 unspecified atom stereocenters. The predicted molar refractivity (Wildman–Crippen MR) is 117 cm³/mol. The molecular weight excluding hydrogens is 400 g/mol. The maximum Gasteiger partial charge on any atom is 0.257 e. The van der Waals surface area contributed by atoms with Crippen LogP contribution in [0.25, 0.3) is 0 Å². The lowest BCUT2D eigenvalue weighted by molar-refractivity contribution is -0.129. The molecule has 2 N–H and O–H groups in total. The summed E-state index contributed by atoms with van der Waals surface area (Å²) in [5.74, 6) is -0.718. The van der Waals surface area contributed by atoms with Gasteiger partial charge in [0, 0.05) is 35.1 Å². The number of fused-ring (bicyclic) bond motifs is 1. The minimum absolute atomic E-state index is 0.0148. The molecule has 7 nitrogen and oxygen atoms in total. The van der Waals surface area contributed by atoms with E-state index in [1.54, 1.807) is 40.5 Å². The Balaban J connectivity index is 1.34. The van der Waals surface area contributed by atoms with E-state index in [-0.39, 0.29) is 36.1 Å². The van der Waals surface area contributed by atoms with Crippen molar-refractivity contribution in [3.05, 3.63) is 40.4 Å². The van der Waals surface area contributed by atoms with Crippen molar-refractivity contribution in [1.29, 1.82) is 0 Å². The zero-order valence-corrected chi connectivity index (χ0v) is 18.1. The van der Waals surface area contributed by atoms with Crippen LogP contribution in [0.2, 0.25) is 0 Å². The number of amides is 3. The molecule has 1 saturated heterocycles. The van der Waals surface area contributed by atoms with Crippen molar-refractivity contribution in [1.82, 2.24) is 9.88 Å². The third-order valence-electron chi connectivity index (χ3n) is 5.63. The Morgan fingerprint density at radius 1 is 1.13 bits per heavy atom. The van der Waals surface area contributed by atoms with Gasteiger partial charge in [0.2, 0.25) is 11.8 Å². The Morgan fingerprint density at radius 2 is 1.87 bits per heavy atom. The van der Waals surface area contributed by atoms with Crippen molar-refractivity contribution >= 4 is 39.9 Å². The van der Waals surface area contributed by atoms with Crippen LogP contribution in [0, 0.1) is 5.92 Å². The van der Waals surface area contributed by atoms with E-state index in [1.807, 2.05) is 13.8 Å². The van der Waals surface area contributed by atoms with Gasteiger partial charge in [-0.2, -0.15) is 0 Å². The molecule has 158 valence electrons. The van der Waals surface area contributed by atoms with Crippen LogP contribution in [0.4, 0.5) is 10.8 Å². The van der Waals surface area contributed by atoms with Gasteiger partial charge < -0.3 is 10.2 Å². The lowest BCUT2D eigenvalue weighted by atomic mass is 10.0. The quantitative estimate of drug-likeness (QED) is 0.766. The summed E-state index contributed by atoms with van der Waals surface area (Å²) >= 11 is 1.55. The van der Waals surface area contributed by atoms with Crippen LogP contribution >= 0.6 is 11.3 Å². The van der Waals surface area contributed by atoms with Crippen LogP contribution in [0.15, 0.2) is 24.3 Å². The number of benzene rings is 1. The number of hydrogen-bond acceptors (Lipinski definition) is 5. The molecule has 2 aromatic rings. The average molecular weight is 427 g/mol. The van der Waals surface area contributed by atoms with Crippen molar-refractivity contribution in [2.75, 3.05) is 17.2 Å². The summed E-state index contributed by atoms with van der Waals surface area (Å²) in [4.78, 5) is 44.6. The van der Waals surface area contributed by atoms with Crippen LogP contribution in [0.5, 0.6) is 0 Å². The van der Waals surface area contributed by atoms with Gasteiger partial charge in [0.05, 0.1) is 11.6 Å². The standard InChI is InChI=1S/C22H26N4O3S/c1-13(2)26-12-15(11-19(26)27)21(29)23-16-9-7-14(8-10-16)20(28)25-22-24-17-5-3-4-6-18(17)30-22/h7-10,13,15H,3-6,11-12H2,1-2H3,(H,23,29)(H,24,25,28). The van der Waals surface area contributed by atoms with Gasteiger partial charge in [-0.25, -0.2) is 4.98 Å². The summed E-state index contributed by atoms with van der Waals surface area (Å²) in [6.07, 6.45) is 4.60. The molecule has 0 spiro atoms. The third kappa shape index (κ3) is 4.38. The fourth-order valence-electron chi connectivity index (χ4n) is 3.93. The Bertz CT molecular complexity index is 944. The molecule has 1 fully saturated rings. The van der Waals surface area contributed by atoms with Crippen molar-refractivity contribution in [2.24, 2.45) is 5.92 Å². The summed E-state index contributed by atoms with van der Waals surface area (Å²) in [6.45, 7) is 4.34. The molecule has 1 aliphatic carbocycles. The maximum atomic E-state index is 12.5. The Labute approximate surface area is 179 Å². The van der Waals surface area contributed by atoms with Gasteiger partial charge in [0.15, 0.2) is 5.13 Å². The number of aromatic nitrogens is 1. The van der Waals surface area contributed by atoms with Crippen LogP contribution in [0.3, 0.4) is 0 Å². The normalized spacial score (nSPS) is 18.4. The number of nitrogens with zero attached hydrogens (tertiary/aromatic N) is 2. The summed E-state index contributed by atoms with van der Waals surface area (Å²) < 4.78 is 0. The number of aryl methyl sites for hydroxylation is 2. The molecule has 3 amide bonds. The summed E-state index contributed by atoms with van der Waals surface area (Å²) in [7, 11) is 0. The molecule has 30 heavy (non-hydrogen) atoms. The van der Waals surface area contributed by atoms with Gasteiger partial charge in [0.25, 0.3) is 5.91 Å². The maximum absolute atomic E-state index is 12.5. The van der Waals surface area contributed by atoms with E-state index in [4.69, 9.17) is 0 Å². The van der Waals surface area contributed by atoms with Crippen molar-refractivity contribution in [3.63, 3.8) is 0 Å². The first-order chi connectivity index (χ1) is 14.4. The summed E-state index contributed by atoms with van der Waals surface area (Å²) in [6, 6.07) is 6.86. The number of thiazole rings is 1. The number of nitrogens with one attached hydrogen (secondary N) is 2. The van der Waals surface area contributed by atoms with E-state index in [0.717, 1.165) is 25.0 Å². The predicted octanol–water partition coefficient (Wildman–Crippen LogP) is 3.47. The van der Waals surface area contributed by atoms with Crippen molar-refractivity contribution in [3.8, 4) is 0 Å². The van der Waals surface area contributed by atoms with Gasteiger partial charge in [-0.05, 0) is 63.8 Å². The first-order valence-electron chi connectivity index (χ1n) is 10.4. The van der Waals surface area contributed by atoms with E-state index < -0.39 is 0 Å². The average Bonchev–Trinajstić information content (AvgIpc) is 3.31. The minimum Gasteiger partial charge on any atom is -0.339 e. The molecule has 2 heterocycles. The first-order valence-corrected chi connectivity index (χ1v) is 11.2. The van der Waals surface area contributed by atoms with Crippen LogP contribution < -0.4 is 10.6 Å². The number of carbonyl (C=O) groups excluding carboxylic acids is 3. The molecule has 1 atom stereocenters. The van der Waals surface area contributed by atoms with Crippen LogP contribution in [0.1, 0.15) is 54.0 Å². The largest absolute Gasteiger partial charge is 0.339 e. The topological polar surface area (TPSA) is 91.4 Å². The summed E-state index contributed by atoms with van der Waals surface area (Å²) in [5.41, 5.74) is 2.22. The monoisotopic (exact) mass is 426 g/mol. The lowest BCUT2D eigenvalue weighted by Crippen LogP contribution is -2.33. The number of carbonyl (C=O) groups is 3. The zero-order chi connectivity index (χ0) is 21.3. The lowest BCUT2D eigenvalue weighted by Gasteiger charge is -2.20. The van der Waals surface area contributed by atoms with Gasteiger partial charge in [-0.3, -0.25) is 19.7 Å². The fraction of sp³-hybridized carbons (Fsp3) is 0.455. The molecule has 1 aliphatic heterocycles. The molecule has 0 radical (unpaired) electrons. The first kappa shape index (κ1) is 20.5. The zero-order valence-electron chi connectivity index (χ0n) is 17.2. The smallest absolute Gasteiger partial charge is 0.257 e.